The predicted molar refractivity (Wildman–Crippen MR) is 61.4 cm³/mol. The van der Waals surface area contributed by atoms with Crippen LogP contribution in [-0.2, 0) is 4.79 Å². The summed E-state index contributed by atoms with van der Waals surface area (Å²) >= 11 is 0. The highest BCUT2D eigenvalue weighted by Gasteiger charge is 2.40. The van der Waals surface area contributed by atoms with E-state index in [1.807, 2.05) is 0 Å². The molecular formula is C12H21NO3. The van der Waals surface area contributed by atoms with E-state index in [1.165, 1.54) is 4.90 Å². The lowest BCUT2D eigenvalue weighted by Crippen LogP contribution is -2.32. The molecular weight excluding hydrogens is 206 g/mol. The number of amides is 1. The van der Waals surface area contributed by atoms with Crippen molar-refractivity contribution in [1.29, 1.82) is 0 Å². The Morgan fingerprint density at radius 1 is 1.50 bits per heavy atom. The van der Waals surface area contributed by atoms with E-state index in [4.69, 9.17) is 5.11 Å². The monoisotopic (exact) mass is 227 g/mol. The maximum absolute atomic E-state index is 11.2. The van der Waals surface area contributed by atoms with Crippen LogP contribution in [0.3, 0.4) is 0 Å². The maximum Gasteiger partial charge on any atom is 0.407 e. The second kappa shape index (κ2) is 4.44. The Morgan fingerprint density at radius 2 is 2.12 bits per heavy atom. The third kappa shape index (κ3) is 3.22. The molecule has 1 aliphatic heterocycles. The summed E-state index contributed by atoms with van der Waals surface area (Å²) in [6.45, 7) is 7.25. The number of likely N-dealkylation sites (tertiary alicyclic amines) is 1. The molecule has 16 heavy (non-hydrogen) atoms. The first-order valence-corrected chi connectivity index (χ1v) is 5.72. The standard InChI is InChI=1S/C12H21NO3/c1-11(2,3)4-5-12(9-14)6-7-13(8-12)10(15)16/h9H,4-8H2,1-3H3,(H,15,16). The normalized spacial score (nSPS) is 25.8. The highest BCUT2D eigenvalue weighted by Crippen LogP contribution is 2.36. The molecule has 0 spiro atoms. The minimum Gasteiger partial charge on any atom is -0.465 e. The van der Waals surface area contributed by atoms with Crippen molar-refractivity contribution in [3.8, 4) is 0 Å². The van der Waals surface area contributed by atoms with Crippen LogP contribution in [0.25, 0.3) is 0 Å². The zero-order valence-electron chi connectivity index (χ0n) is 10.3. The van der Waals surface area contributed by atoms with E-state index in [0.717, 1.165) is 19.1 Å². The molecule has 0 aromatic heterocycles. The van der Waals surface area contributed by atoms with Gasteiger partial charge in [0.25, 0.3) is 0 Å². The maximum atomic E-state index is 11.2. The molecule has 1 rings (SSSR count). The van der Waals surface area contributed by atoms with Crippen LogP contribution < -0.4 is 0 Å². The van der Waals surface area contributed by atoms with Gasteiger partial charge in [-0.05, 0) is 24.7 Å². The number of hydrogen-bond donors (Lipinski definition) is 1. The number of aldehydes is 1. The summed E-state index contributed by atoms with van der Waals surface area (Å²) in [5, 5.41) is 8.88. The van der Waals surface area contributed by atoms with Crippen LogP contribution in [0.1, 0.15) is 40.0 Å². The molecule has 1 heterocycles. The fraction of sp³-hybridized carbons (Fsp3) is 0.833. The van der Waals surface area contributed by atoms with Gasteiger partial charge < -0.3 is 14.8 Å². The summed E-state index contributed by atoms with van der Waals surface area (Å²) in [5.41, 5.74) is -0.252. The van der Waals surface area contributed by atoms with E-state index >= 15 is 0 Å². The molecule has 1 atom stereocenters. The Balaban J connectivity index is 2.60. The first kappa shape index (κ1) is 13.0. The highest BCUT2D eigenvalue weighted by molar-refractivity contribution is 5.68. The lowest BCUT2D eigenvalue weighted by atomic mass is 9.78. The Labute approximate surface area is 96.6 Å². The Kier molecular flexibility index (Phi) is 3.61. The Morgan fingerprint density at radius 3 is 2.50 bits per heavy atom. The summed E-state index contributed by atoms with van der Waals surface area (Å²) in [5.74, 6) is 0. The van der Waals surface area contributed by atoms with Gasteiger partial charge in [-0.2, -0.15) is 0 Å². The van der Waals surface area contributed by atoms with E-state index in [-0.39, 0.29) is 5.41 Å². The molecule has 1 N–H and O–H groups in total. The van der Waals surface area contributed by atoms with Gasteiger partial charge in [0, 0.05) is 18.5 Å². The first-order chi connectivity index (χ1) is 7.28. The third-order valence-corrected chi connectivity index (χ3v) is 3.28. The van der Waals surface area contributed by atoms with Crippen LogP contribution in [0.4, 0.5) is 4.79 Å². The van der Waals surface area contributed by atoms with Crippen molar-refractivity contribution >= 4 is 12.4 Å². The van der Waals surface area contributed by atoms with Crippen molar-refractivity contribution in [1.82, 2.24) is 4.90 Å². The van der Waals surface area contributed by atoms with Crippen molar-refractivity contribution < 1.29 is 14.7 Å². The van der Waals surface area contributed by atoms with Crippen LogP contribution >= 0.6 is 0 Å². The fourth-order valence-electron chi connectivity index (χ4n) is 2.04. The van der Waals surface area contributed by atoms with Gasteiger partial charge in [0.15, 0.2) is 0 Å². The zero-order chi connectivity index (χ0) is 12.4. The molecule has 0 bridgehead atoms. The van der Waals surface area contributed by atoms with Gasteiger partial charge in [0.2, 0.25) is 0 Å². The van der Waals surface area contributed by atoms with Crippen molar-refractivity contribution in [3.05, 3.63) is 0 Å². The van der Waals surface area contributed by atoms with Gasteiger partial charge in [0.05, 0.1) is 0 Å². The van der Waals surface area contributed by atoms with E-state index in [1.54, 1.807) is 0 Å². The zero-order valence-corrected chi connectivity index (χ0v) is 10.3. The van der Waals surface area contributed by atoms with Crippen LogP contribution in [0, 0.1) is 10.8 Å². The molecule has 1 aliphatic rings. The molecule has 0 radical (unpaired) electrons. The van der Waals surface area contributed by atoms with E-state index < -0.39 is 11.5 Å². The smallest absolute Gasteiger partial charge is 0.407 e. The fourth-order valence-corrected chi connectivity index (χ4v) is 2.04. The first-order valence-electron chi connectivity index (χ1n) is 5.72. The van der Waals surface area contributed by atoms with E-state index in [9.17, 15) is 9.59 Å². The molecule has 1 amide bonds. The van der Waals surface area contributed by atoms with Gasteiger partial charge in [-0.3, -0.25) is 0 Å². The third-order valence-electron chi connectivity index (χ3n) is 3.28. The van der Waals surface area contributed by atoms with Crippen molar-refractivity contribution in [2.75, 3.05) is 13.1 Å². The Bertz CT molecular complexity index is 282. The SMILES string of the molecule is CC(C)(C)CCC1(C=O)CCN(C(=O)O)C1. The summed E-state index contributed by atoms with van der Waals surface area (Å²) in [7, 11) is 0. The van der Waals surface area contributed by atoms with Crippen LogP contribution in [0.15, 0.2) is 0 Å². The molecule has 4 nitrogen and oxygen atoms in total. The average Bonchev–Trinajstić information content (AvgIpc) is 2.59. The van der Waals surface area contributed by atoms with Gasteiger partial charge in [-0.15, -0.1) is 0 Å². The van der Waals surface area contributed by atoms with Gasteiger partial charge >= 0.3 is 6.09 Å². The molecule has 4 heteroatoms. The summed E-state index contributed by atoms with van der Waals surface area (Å²) in [6, 6.07) is 0. The number of nitrogens with zero attached hydrogens (tertiary/aromatic N) is 1. The summed E-state index contributed by atoms with van der Waals surface area (Å²) in [4.78, 5) is 23.4. The van der Waals surface area contributed by atoms with E-state index in [2.05, 4.69) is 20.8 Å². The van der Waals surface area contributed by atoms with Crippen molar-refractivity contribution in [3.63, 3.8) is 0 Å². The molecule has 0 saturated carbocycles. The highest BCUT2D eigenvalue weighted by atomic mass is 16.4. The molecule has 0 aliphatic carbocycles. The van der Waals surface area contributed by atoms with Crippen molar-refractivity contribution in [2.45, 2.75) is 40.0 Å². The topological polar surface area (TPSA) is 57.6 Å². The van der Waals surface area contributed by atoms with Crippen LogP contribution in [0.5, 0.6) is 0 Å². The molecule has 0 aromatic rings. The second-order valence-electron chi connectivity index (χ2n) is 6.00. The Hall–Kier alpha value is -1.06. The minimum atomic E-state index is -0.917. The summed E-state index contributed by atoms with van der Waals surface area (Å²) < 4.78 is 0. The number of rotatable bonds is 3. The molecule has 1 fully saturated rings. The predicted octanol–water partition coefficient (Wildman–Crippen LogP) is 2.38. The quantitative estimate of drug-likeness (QED) is 0.753. The number of carbonyl (C=O) groups is 2. The number of hydrogen-bond acceptors (Lipinski definition) is 2. The number of carboxylic acid groups (broad SMARTS) is 1. The van der Waals surface area contributed by atoms with Crippen LogP contribution in [0.2, 0.25) is 0 Å². The molecule has 1 unspecified atom stereocenters. The number of carbonyl (C=O) groups excluding carboxylic acids is 1. The lowest BCUT2D eigenvalue weighted by molar-refractivity contribution is -0.116. The molecule has 1 saturated heterocycles. The van der Waals surface area contributed by atoms with E-state index in [0.29, 0.717) is 19.5 Å². The molecule has 92 valence electrons. The van der Waals surface area contributed by atoms with Gasteiger partial charge in [-0.1, -0.05) is 20.8 Å². The largest absolute Gasteiger partial charge is 0.465 e. The second-order valence-corrected chi connectivity index (χ2v) is 6.00. The minimum absolute atomic E-state index is 0.187. The molecule has 0 aromatic carbocycles. The van der Waals surface area contributed by atoms with Crippen LogP contribution in [-0.4, -0.2) is 35.5 Å². The summed E-state index contributed by atoms with van der Waals surface area (Å²) in [6.07, 6.45) is 2.43. The van der Waals surface area contributed by atoms with Gasteiger partial charge in [-0.25, -0.2) is 4.79 Å². The van der Waals surface area contributed by atoms with Gasteiger partial charge in [0.1, 0.15) is 6.29 Å². The van der Waals surface area contributed by atoms with Crippen molar-refractivity contribution in [2.24, 2.45) is 10.8 Å². The lowest BCUT2D eigenvalue weighted by Gasteiger charge is -2.27. The average molecular weight is 227 g/mol.